The van der Waals surface area contributed by atoms with Crippen LogP contribution in [0.5, 0.6) is 0 Å². The molecule has 1 saturated carbocycles. The molecule has 0 radical (unpaired) electrons. The molecule has 1 heterocycles. The van der Waals surface area contributed by atoms with Crippen molar-refractivity contribution in [3.05, 3.63) is 30.3 Å². The van der Waals surface area contributed by atoms with Crippen LogP contribution >= 0.6 is 0 Å². The smallest absolute Gasteiger partial charge is 0.321 e. The minimum atomic E-state index is -0.241. The number of hydrogen-bond donors (Lipinski definition) is 2. The summed E-state index contributed by atoms with van der Waals surface area (Å²) < 4.78 is 0. The van der Waals surface area contributed by atoms with Crippen molar-refractivity contribution in [3.8, 4) is 0 Å². The highest BCUT2D eigenvalue weighted by Crippen LogP contribution is 2.45. The second-order valence-corrected chi connectivity index (χ2v) is 6.09. The van der Waals surface area contributed by atoms with Crippen molar-refractivity contribution >= 4 is 11.7 Å². The number of hydrogen-bond acceptors (Lipinski definition) is 2. The molecule has 1 spiro atoms. The van der Waals surface area contributed by atoms with E-state index in [1.54, 1.807) is 0 Å². The average Bonchev–Trinajstić information content (AvgIpc) is 2.81. The number of aliphatic hydroxyl groups excluding tert-OH is 1. The number of likely N-dealkylation sites (tertiary alicyclic amines) is 1. The molecule has 0 bridgehead atoms. The molecule has 1 aromatic carbocycles. The summed E-state index contributed by atoms with van der Waals surface area (Å²) in [6.07, 6.45) is 4.80. The molecule has 2 atom stereocenters. The van der Waals surface area contributed by atoms with Gasteiger partial charge < -0.3 is 15.3 Å². The molecule has 2 amide bonds. The molecule has 1 aliphatic heterocycles. The summed E-state index contributed by atoms with van der Waals surface area (Å²) in [6, 6.07) is 9.49. The van der Waals surface area contributed by atoms with Crippen LogP contribution in [0.1, 0.15) is 32.1 Å². The fourth-order valence-corrected chi connectivity index (χ4v) is 3.65. The van der Waals surface area contributed by atoms with E-state index in [1.165, 1.54) is 0 Å². The number of rotatable bonds is 1. The van der Waals surface area contributed by atoms with Crippen molar-refractivity contribution in [2.24, 2.45) is 5.41 Å². The van der Waals surface area contributed by atoms with Gasteiger partial charge in [0.15, 0.2) is 0 Å². The summed E-state index contributed by atoms with van der Waals surface area (Å²) in [7, 11) is 0. The van der Waals surface area contributed by atoms with Crippen molar-refractivity contribution in [2.75, 3.05) is 18.4 Å². The number of urea groups is 1. The van der Waals surface area contributed by atoms with Crippen LogP contribution in [0.3, 0.4) is 0 Å². The molecule has 2 N–H and O–H groups in total. The normalized spacial score (nSPS) is 29.6. The third-order valence-electron chi connectivity index (χ3n) is 4.78. The van der Waals surface area contributed by atoms with Gasteiger partial charge in [-0.05, 0) is 37.8 Å². The molecule has 2 aliphatic rings. The maximum absolute atomic E-state index is 12.3. The summed E-state index contributed by atoms with van der Waals surface area (Å²) in [4.78, 5) is 14.2. The van der Waals surface area contributed by atoms with E-state index < -0.39 is 0 Å². The Morgan fingerprint density at radius 1 is 1.25 bits per heavy atom. The Kier molecular flexibility index (Phi) is 3.66. The summed E-state index contributed by atoms with van der Waals surface area (Å²) >= 11 is 0. The SMILES string of the molecule is O=C(Nc1ccccc1)N1CCC[C@@]2(CCC[C@H]2O)C1. The molecule has 108 valence electrons. The highest BCUT2D eigenvalue weighted by Gasteiger charge is 2.45. The van der Waals surface area contributed by atoms with E-state index in [-0.39, 0.29) is 17.6 Å². The molecule has 2 fully saturated rings. The minimum Gasteiger partial charge on any atom is -0.392 e. The first-order valence-electron chi connectivity index (χ1n) is 7.49. The number of benzene rings is 1. The van der Waals surface area contributed by atoms with Crippen molar-refractivity contribution in [2.45, 2.75) is 38.2 Å². The van der Waals surface area contributed by atoms with Crippen LogP contribution in [0.15, 0.2) is 30.3 Å². The van der Waals surface area contributed by atoms with Crippen molar-refractivity contribution in [3.63, 3.8) is 0 Å². The first-order valence-corrected chi connectivity index (χ1v) is 7.49. The largest absolute Gasteiger partial charge is 0.392 e. The lowest BCUT2D eigenvalue weighted by atomic mass is 9.77. The summed E-state index contributed by atoms with van der Waals surface area (Å²) in [5, 5.41) is 13.2. The van der Waals surface area contributed by atoms with Crippen molar-refractivity contribution in [1.82, 2.24) is 4.90 Å². The van der Waals surface area contributed by atoms with Crippen LogP contribution in [0.2, 0.25) is 0 Å². The van der Waals surface area contributed by atoms with Crippen LogP contribution in [0, 0.1) is 5.41 Å². The van der Waals surface area contributed by atoms with Crippen LogP contribution in [-0.4, -0.2) is 35.2 Å². The number of carbonyl (C=O) groups is 1. The summed E-state index contributed by atoms with van der Waals surface area (Å²) in [5.74, 6) is 0. The fourth-order valence-electron chi connectivity index (χ4n) is 3.65. The van der Waals surface area contributed by atoms with Crippen molar-refractivity contribution < 1.29 is 9.90 Å². The Balaban J connectivity index is 1.66. The molecule has 20 heavy (non-hydrogen) atoms. The monoisotopic (exact) mass is 274 g/mol. The Morgan fingerprint density at radius 3 is 2.70 bits per heavy atom. The molecule has 3 rings (SSSR count). The van der Waals surface area contributed by atoms with Gasteiger partial charge >= 0.3 is 6.03 Å². The lowest BCUT2D eigenvalue weighted by molar-refractivity contribution is 0.00400. The van der Waals surface area contributed by atoms with E-state index in [0.29, 0.717) is 6.54 Å². The van der Waals surface area contributed by atoms with Gasteiger partial charge in [0.1, 0.15) is 0 Å². The Morgan fingerprint density at radius 2 is 2.00 bits per heavy atom. The number of carbonyl (C=O) groups excluding carboxylic acids is 1. The lowest BCUT2D eigenvalue weighted by Gasteiger charge is -2.42. The van der Waals surface area contributed by atoms with Gasteiger partial charge in [0.05, 0.1) is 6.10 Å². The first kappa shape index (κ1) is 13.4. The summed E-state index contributed by atoms with van der Waals surface area (Å²) in [5.41, 5.74) is 0.774. The standard InChI is InChI=1S/C16H22N2O2/c19-14-8-4-9-16(14)10-5-11-18(12-16)15(20)17-13-6-2-1-3-7-13/h1-3,6-7,14,19H,4-5,8-12H2,(H,17,20)/t14-,16+/m1/s1. The van der Waals surface area contributed by atoms with Crippen molar-refractivity contribution in [1.29, 1.82) is 0 Å². The number of amides is 2. The zero-order valence-electron chi connectivity index (χ0n) is 11.7. The van der Waals surface area contributed by atoms with Gasteiger partial charge in [0.25, 0.3) is 0 Å². The highest BCUT2D eigenvalue weighted by molar-refractivity contribution is 5.89. The van der Waals surface area contributed by atoms with Crippen LogP contribution < -0.4 is 5.32 Å². The molecule has 1 aromatic rings. The van der Waals surface area contributed by atoms with Gasteiger partial charge in [-0.2, -0.15) is 0 Å². The van der Waals surface area contributed by atoms with E-state index in [9.17, 15) is 9.90 Å². The Hall–Kier alpha value is -1.55. The number of piperidine rings is 1. The molecule has 4 nitrogen and oxygen atoms in total. The van der Waals surface area contributed by atoms with E-state index in [4.69, 9.17) is 0 Å². The fraction of sp³-hybridized carbons (Fsp3) is 0.562. The quantitative estimate of drug-likeness (QED) is 0.827. The predicted octanol–water partition coefficient (Wildman–Crippen LogP) is 2.85. The van der Waals surface area contributed by atoms with Gasteiger partial charge in [-0.15, -0.1) is 0 Å². The zero-order valence-corrected chi connectivity index (χ0v) is 11.7. The van der Waals surface area contributed by atoms with E-state index >= 15 is 0 Å². The number of anilines is 1. The second-order valence-electron chi connectivity index (χ2n) is 6.09. The Bertz CT molecular complexity index is 477. The van der Waals surface area contributed by atoms with E-state index in [2.05, 4.69) is 5.32 Å². The number of para-hydroxylation sites is 1. The third-order valence-corrected chi connectivity index (χ3v) is 4.78. The highest BCUT2D eigenvalue weighted by atomic mass is 16.3. The minimum absolute atomic E-state index is 0.0469. The van der Waals surface area contributed by atoms with Crippen LogP contribution in [0.25, 0.3) is 0 Å². The number of nitrogens with zero attached hydrogens (tertiary/aromatic N) is 1. The van der Waals surface area contributed by atoms with Gasteiger partial charge in [-0.1, -0.05) is 24.6 Å². The molecule has 1 saturated heterocycles. The molecule has 0 unspecified atom stereocenters. The molecule has 0 aromatic heterocycles. The Labute approximate surface area is 119 Å². The second kappa shape index (κ2) is 5.44. The topological polar surface area (TPSA) is 52.6 Å². The maximum atomic E-state index is 12.3. The first-order chi connectivity index (χ1) is 9.70. The molecule has 4 heteroatoms. The average molecular weight is 274 g/mol. The number of nitrogens with one attached hydrogen (secondary N) is 1. The summed E-state index contributed by atoms with van der Waals surface area (Å²) in [6.45, 7) is 1.47. The van der Waals surface area contributed by atoms with Gasteiger partial charge in [0, 0.05) is 24.2 Å². The van der Waals surface area contributed by atoms with Gasteiger partial charge in [-0.25, -0.2) is 4.79 Å². The maximum Gasteiger partial charge on any atom is 0.321 e. The molecule has 1 aliphatic carbocycles. The van der Waals surface area contributed by atoms with E-state index in [1.807, 2.05) is 35.2 Å². The molecular weight excluding hydrogens is 252 g/mol. The molecular formula is C16H22N2O2. The third kappa shape index (κ3) is 2.52. The van der Waals surface area contributed by atoms with Gasteiger partial charge in [-0.3, -0.25) is 0 Å². The number of aliphatic hydroxyl groups is 1. The van der Waals surface area contributed by atoms with Gasteiger partial charge in [0.2, 0.25) is 0 Å². The van der Waals surface area contributed by atoms with E-state index in [0.717, 1.165) is 44.3 Å². The predicted molar refractivity (Wildman–Crippen MR) is 78.6 cm³/mol. The lowest BCUT2D eigenvalue weighted by Crippen LogP contribution is -2.50. The van der Waals surface area contributed by atoms with Crippen LogP contribution in [0.4, 0.5) is 10.5 Å². The zero-order chi connectivity index (χ0) is 14.0. The van der Waals surface area contributed by atoms with Crippen LogP contribution in [-0.2, 0) is 0 Å².